The van der Waals surface area contributed by atoms with Crippen LogP contribution in [0.1, 0.15) is 29.2 Å². The van der Waals surface area contributed by atoms with Gasteiger partial charge in [0.15, 0.2) is 0 Å². The molecule has 0 aliphatic heterocycles. The van der Waals surface area contributed by atoms with Crippen molar-refractivity contribution in [3.8, 4) is 11.1 Å². The summed E-state index contributed by atoms with van der Waals surface area (Å²) in [5.74, 6) is 0.557. The van der Waals surface area contributed by atoms with Crippen LogP contribution in [0.25, 0.3) is 11.1 Å². The van der Waals surface area contributed by atoms with Gasteiger partial charge in [-0.05, 0) is 14.5 Å². The Hall–Kier alpha value is -2.09. The van der Waals surface area contributed by atoms with Gasteiger partial charge in [0.25, 0.3) is 0 Å². The Morgan fingerprint density at radius 1 is 0.744 bits per heavy atom. The summed E-state index contributed by atoms with van der Waals surface area (Å²) in [7, 11) is -1.02. The van der Waals surface area contributed by atoms with Crippen LogP contribution in [-0.2, 0) is 30.7 Å². The second-order valence-corrected chi connectivity index (χ2v) is 16.8. The predicted octanol–water partition coefficient (Wildman–Crippen LogP) is 2.67. The maximum Gasteiger partial charge on any atom is -0.0253 e. The Labute approximate surface area is 263 Å². The molecule has 4 aromatic carbocycles. The van der Waals surface area contributed by atoms with Gasteiger partial charge in [0, 0.05) is 0 Å². The molecule has 39 heavy (non-hydrogen) atoms. The van der Waals surface area contributed by atoms with Gasteiger partial charge in [-0.3, -0.25) is 6.08 Å². The Balaban J connectivity index is 0.000000203. The maximum absolute atomic E-state index is 3.30. The Bertz CT molecular complexity index is 1320. The zero-order valence-electron chi connectivity index (χ0n) is 23.0. The molecule has 0 spiro atoms. The van der Waals surface area contributed by atoms with Gasteiger partial charge in [-0.2, -0.15) is 35.9 Å². The van der Waals surface area contributed by atoms with Crippen LogP contribution in [0.5, 0.6) is 0 Å². The fourth-order valence-corrected chi connectivity index (χ4v) is 6.51. The average Bonchev–Trinajstić information content (AvgIpc) is 3.54. The molecule has 0 saturated heterocycles. The average molecular weight is 645 g/mol. The van der Waals surface area contributed by atoms with Crippen LogP contribution in [0.3, 0.4) is 0 Å². The molecule has 0 bridgehead atoms. The molecule has 6 rings (SSSR count). The number of fused-ring (bicyclic) bond motifs is 3. The first-order chi connectivity index (χ1) is 17.8. The third-order valence-corrected chi connectivity index (χ3v) is 10.0. The van der Waals surface area contributed by atoms with Crippen LogP contribution in [0.2, 0.25) is 19.6 Å². The fourth-order valence-electron chi connectivity index (χ4n) is 4.43. The van der Waals surface area contributed by atoms with Crippen molar-refractivity contribution in [1.82, 2.24) is 0 Å². The van der Waals surface area contributed by atoms with Gasteiger partial charge in [-0.15, -0.1) is 5.56 Å². The summed E-state index contributed by atoms with van der Waals surface area (Å²) in [6.07, 6.45) is 8.86. The van der Waals surface area contributed by atoms with Crippen molar-refractivity contribution >= 4 is 11.3 Å². The minimum Gasteiger partial charge on any atom is -0.179 e. The van der Waals surface area contributed by atoms with E-state index in [2.05, 4.69) is 148 Å². The zero-order valence-corrected chi connectivity index (χ0v) is 28.0. The van der Waals surface area contributed by atoms with Crippen molar-refractivity contribution in [3.05, 3.63) is 155 Å². The third kappa shape index (κ3) is 9.22. The zero-order chi connectivity index (χ0) is 26.3. The second-order valence-electron chi connectivity index (χ2n) is 10.5. The Morgan fingerprint density at radius 3 is 1.79 bits per heavy atom. The summed E-state index contributed by atoms with van der Waals surface area (Å²) in [6, 6.07) is 39.2. The van der Waals surface area contributed by atoms with Gasteiger partial charge in [0.2, 0.25) is 0 Å². The molecule has 0 amide bonds. The van der Waals surface area contributed by atoms with E-state index in [0.29, 0.717) is 5.92 Å². The minimum absolute atomic E-state index is 0. The van der Waals surface area contributed by atoms with Crippen LogP contribution in [-0.4, -0.2) is 11.3 Å². The van der Waals surface area contributed by atoms with Crippen molar-refractivity contribution in [1.29, 1.82) is 0 Å². The minimum atomic E-state index is -1.02. The van der Waals surface area contributed by atoms with E-state index in [9.17, 15) is 0 Å². The first-order valence-corrected chi connectivity index (χ1v) is 17.6. The number of benzene rings is 4. The van der Waals surface area contributed by atoms with Gasteiger partial charge in [0.1, 0.15) is 0 Å². The van der Waals surface area contributed by atoms with Gasteiger partial charge in [-0.25, -0.2) is 11.3 Å². The predicted molar refractivity (Wildman–Crippen MR) is 158 cm³/mol. The monoisotopic (exact) mass is 642 g/mol. The first kappa shape index (κ1) is 33.1. The molecule has 0 nitrogen and oxygen atoms in total. The molecule has 0 radical (unpaired) electrons. The molecule has 4 aromatic rings. The molecule has 2 aliphatic rings. The molecule has 0 saturated carbocycles. The van der Waals surface area contributed by atoms with Crippen LogP contribution in [0, 0.1) is 18.1 Å². The molecular formula is C35H34Cl2SiZr-2. The molecule has 1 unspecified atom stereocenters. The van der Waals surface area contributed by atoms with Crippen molar-refractivity contribution in [3.63, 3.8) is 0 Å². The van der Waals surface area contributed by atoms with E-state index in [1.54, 1.807) is 5.20 Å². The summed E-state index contributed by atoms with van der Waals surface area (Å²) < 4.78 is 1.42. The van der Waals surface area contributed by atoms with Crippen molar-refractivity contribution in [2.75, 3.05) is 0 Å². The number of allylic oxidation sites excluding steroid dienone is 4. The molecule has 198 valence electrons. The molecule has 0 heterocycles. The second kappa shape index (κ2) is 15.6. The van der Waals surface area contributed by atoms with Crippen molar-refractivity contribution < 1.29 is 49.0 Å². The number of hydrogen-bond acceptors (Lipinski definition) is 0. The van der Waals surface area contributed by atoms with Crippen molar-refractivity contribution in [2.45, 2.75) is 33.0 Å². The first-order valence-electron chi connectivity index (χ1n) is 12.9. The quantitative estimate of drug-likeness (QED) is 0.210. The Kier molecular flexibility index (Phi) is 13.3. The topological polar surface area (TPSA) is 0 Å². The molecule has 4 heteroatoms. The number of hydrogen-bond donors (Lipinski definition) is 0. The van der Waals surface area contributed by atoms with Crippen LogP contribution >= 0.6 is 0 Å². The summed E-state index contributed by atoms with van der Waals surface area (Å²) in [5.41, 5.74) is 8.17. The molecular weight excluding hydrogens is 611 g/mol. The molecule has 0 N–H and O–H groups in total. The van der Waals surface area contributed by atoms with E-state index < -0.39 is 8.07 Å². The van der Waals surface area contributed by atoms with Crippen molar-refractivity contribution in [2.24, 2.45) is 5.92 Å². The van der Waals surface area contributed by atoms with Gasteiger partial charge < -0.3 is 24.8 Å². The molecule has 0 fully saturated rings. The summed E-state index contributed by atoms with van der Waals surface area (Å²) in [6.45, 7) is 9.29. The number of halogens is 2. The largest absolute Gasteiger partial charge is 0.179 e. The van der Waals surface area contributed by atoms with E-state index in [1.165, 1.54) is 60.8 Å². The smallest absolute Gasteiger partial charge is 0.0253 e. The van der Waals surface area contributed by atoms with E-state index in [4.69, 9.17) is 0 Å². The molecule has 1 atom stereocenters. The third-order valence-electron chi connectivity index (χ3n) is 6.54. The summed E-state index contributed by atoms with van der Waals surface area (Å²) in [4.78, 5) is 0. The maximum atomic E-state index is 3.30. The van der Waals surface area contributed by atoms with Crippen LogP contribution in [0.4, 0.5) is 0 Å². The SMILES string of the molecule is CC1[C-]=CC([Si](C)(C)C)=C1.[Cl-].[Cl-].[Zr+2]=[C](c1ccccc1)c1ccccc1.[c-]1cccc2c1Cc1ccccc1-2. The summed E-state index contributed by atoms with van der Waals surface area (Å²) >= 11 is 1.46. The molecule has 0 aromatic heterocycles. The standard InChI is InChI=1S/C13H9.C13H10.C9H15Si.2ClH.Zr/c1-3-7-12-10(5-1)9-11-6-2-4-8-13(11)12;1-3-7-12(8-4-1)11-13-9-5-2-6-10-13;1-8-5-6-9(7-8)10(2,3)4;;;/h1-5,7-8H,9H2;1-10H;6-8H,1-4H3;2*1H;/q-1;;-1;;;+2/p-2. The van der Waals surface area contributed by atoms with Gasteiger partial charge >= 0.3 is 99.2 Å². The van der Waals surface area contributed by atoms with Crippen LogP contribution in [0.15, 0.2) is 120 Å². The van der Waals surface area contributed by atoms with Crippen LogP contribution < -0.4 is 24.8 Å². The normalized spacial score (nSPS) is 14.1. The van der Waals surface area contributed by atoms with Gasteiger partial charge in [0.05, 0.1) is 0 Å². The fraction of sp³-hybridized carbons (Fsp3) is 0.171. The van der Waals surface area contributed by atoms with E-state index in [-0.39, 0.29) is 24.8 Å². The van der Waals surface area contributed by atoms with E-state index >= 15 is 0 Å². The van der Waals surface area contributed by atoms with Gasteiger partial charge in [-0.1, -0.05) is 67.9 Å². The number of rotatable bonds is 3. The Morgan fingerprint density at radius 2 is 1.28 bits per heavy atom. The molecule has 2 aliphatic carbocycles. The van der Waals surface area contributed by atoms with E-state index in [0.717, 1.165) is 6.42 Å². The summed E-state index contributed by atoms with van der Waals surface area (Å²) in [5, 5.41) is 1.56. The van der Waals surface area contributed by atoms with E-state index in [1.807, 2.05) is 6.07 Å².